The van der Waals surface area contributed by atoms with Gasteiger partial charge in [-0.25, -0.2) is 0 Å². The highest BCUT2D eigenvalue weighted by Crippen LogP contribution is 2.24. The van der Waals surface area contributed by atoms with Crippen molar-refractivity contribution in [2.75, 3.05) is 0 Å². The Labute approximate surface area is 117 Å². The Bertz CT molecular complexity index is 403. The SMILES string of the molecule is CC[C@H](C)[C@H](NCc1c(Cl)cccc1Cl)C(=O)O. The van der Waals surface area contributed by atoms with Crippen molar-refractivity contribution in [1.82, 2.24) is 5.32 Å². The summed E-state index contributed by atoms with van der Waals surface area (Å²) in [7, 11) is 0. The maximum Gasteiger partial charge on any atom is 0.320 e. The Balaban J connectivity index is 2.76. The van der Waals surface area contributed by atoms with Crippen LogP contribution in [0.3, 0.4) is 0 Å². The van der Waals surface area contributed by atoms with Crippen molar-refractivity contribution >= 4 is 29.2 Å². The fourth-order valence-corrected chi connectivity index (χ4v) is 2.21. The molecule has 1 aromatic carbocycles. The fraction of sp³-hybridized carbons (Fsp3) is 0.462. The number of nitrogens with one attached hydrogen (secondary N) is 1. The highest BCUT2D eigenvalue weighted by atomic mass is 35.5. The molecule has 0 saturated carbocycles. The van der Waals surface area contributed by atoms with Crippen molar-refractivity contribution in [3.05, 3.63) is 33.8 Å². The molecule has 0 amide bonds. The maximum atomic E-state index is 11.2. The zero-order valence-electron chi connectivity index (χ0n) is 10.4. The van der Waals surface area contributed by atoms with Crippen LogP contribution >= 0.6 is 23.2 Å². The van der Waals surface area contributed by atoms with Gasteiger partial charge in [-0.3, -0.25) is 10.1 Å². The van der Waals surface area contributed by atoms with Gasteiger partial charge in [0.2, 0.25) is 0 Å². The van der Waals surface area contributed by atoms with Crippen molar-refractivity contribution in [2.45, 2.75) is 32.9 Å². The summed E-state index contributed by atoms with van der Waals surface area (Å²) in [5.41, 5.74) is 0.732. The van der Waals surface area contributed by atoms with E-state index >= 15 is 0 Å². The number of halogens is 2. The molecular weight excluding hydrogens is 273 g/mol. The van der Waals surface area contributed by atoms with Gasteiger partial charge in [-0.05, 0) is 18.1 Å². The summed E-state index contributed by atoms with van der Waals surface area (Å²) in [6, 6.07) is 4.65. The van der Waals surface area contributed by atoms with Crippen LogP contribution in [-0.4, -0.2) is 17.1 Å². The second kappa shape index (κ2) is 6.98. The van der Waals surface area contributed by atoms with Crippen molar-refractivity contribution in [2.24, 2.45) is 5.92 Å². The number of carboxylic acids is 1. The normalized spacial score (nSPS) is 14.2. The van der Waals surface area contributed by atoms with E-state index in [2.05, 4.69) is 5.32 Å². The van der Waals surface area contributed by atoms with E-state index in [0.29, 0.717) is 16.6 Å². The number of rotatable bonds is 6. The van der Waals surface area contributed by atoms with Crippen LogP contribution in [0.5, 0.6) is 0 Å². The lowest BCUT2D eigenvalue weighted by molar-refractivity contribution is -0.140. The molecule has 0 unspecified atom stereocenters. The second-order valence-corrected chi connectivity index (χ2v) is 5.10. The van der Waals surface area contributed by atoms with Crippen molar-refractivity contribution in [1.29, 1.82) is 0 Å². The lowest BCUT2D eigenvalue weighted by Crippen LogP contribution is -2.41. The van der Waals surface area contributed by atoms with Crippen molar-refractivity contribution in [3.63, 3.8) is 0 Å². The fourth-order valence-electron chi connectivity index (χ4n) is 1.68. The number of benzene rings is 1. The summed E-state index contributed by atoms with van der Waals surface area (Å²) in [4.78, 5) is 11.2. The minimum Gasteiger partial charge on any atom is -0.480 e. The molecule has 0 aliphatic carbocycles. The molecule has 3 nitrogen and oxygen atoms in total. The highest BCUT2D eigenvalue weighted by molar-refractivity contribution is 6.35. The molecule has 1 aromatic rings. The number of carbonyl (C=O) groups is 1. The maximum absolute atomic E-state index is 11.2. The Morgan fingerprint density at radius 3 is 2.39 bits per heavy atom. The van der Waals surface area contributed by atoms with Gasteiger partial charge in [0.05, 0.1) is 0 Å². The van der Waals surface area contributed by atoms with Crippen LogP contribution in [0.25, 0.3) is 0 Å². The summed E-state index contributed by atoms with van der Waals surface area (Å²) in [6.45, 7) is 4.21. The Morgan fingerprint density at radius 2 is 1.94 bits per heavy atom. The van der Waals surface area contributed by atoms with Gasteiger partial charge in [0, 0.05) is 22.2 Å². The predicted octanol–water partition coefficient (Wildman–Crippen LogP) is 3.58. The van der Waals surface area contributed by atoms with Gasteiger partial charge in [-0.15, -0.1) is 0 Å². The molecule has 0 aliphatic heterocycles. The molecule has 0 bridgehead atoms. The molecule has 100 valence electrons. The second-order valence-electron chi connectivity index (χ2n) is 4.28. The smallest absolute Gasteiger partial charge is 0.320 e. The van der Waals surface area contributed by atoms with E-state index in [4.69, 9.17) is 28.3 Å². The molecule has 0 aliphatic rings. The highest BCUT2D eigenvalue weighted by Gasteiger charge is 2.23. The molecular formula is C13H17Cl2NO2. The van der Waals surface area contributed by atoms with Gasteiger partial charge < -0.3 is 5.11 Å². The van der Waals surface area contributed by atoms with E-state index in [1.165, 1.54) is 0 Å². The first-order valence-electron chi connectivity index (χ1n) is 5.86. The molecule has 0 fully saturated rings. The van der Waals surface area contributed by atoms with Gasteiger partial charge >= 0.3 is 5.97 Å². The minimum atomic E-state index is -0.854. The van der Waals surface area contributed by atoms with Gasteiger partial charge in [-0.1, -0.05) is 49.5 Å². The molecule has 5 heteroatoms. The standard InChI is InChI=1S/C13H17Cl2NO2/c1-3-8(2)12(13(17)18)16-7-9-10(14)5-4-6-11(9)15/h4-6,8,12,16H,3,7H2,1-2H3,(H,17,18)/t8-,12-/m0/s1. The van der Waals surface area contributed by atoms with E-state index < -0.39 is 12.0 Å². The van der Waals surface area contributed by atoms with Crippen LogP contribution in [0.4, 0.5) is 0 Å². The van der Waals surface area contributed by atoms with E-state index in [1.54, 1.807) is 18.2 Å². The van der Waals surface area contributed by atoms with Crippen LogP contribution in [0.15, 0.2) is 18.2 Å². The van der Waals surface area contributed by atoms with Crippen molar-refractivity contribution < 1.29 is 9.90 Å². The molecule has 1 rings (SSSR count). The summed E-state index contributed by atoms with van der Waals surface area (Å²) in [6.07, 6.45) is 0.792. The number of carboxylic acid groups (broad SMARTS) is 1. The monoisotopic (exact) mass is 289 g/mol. The third-order valence-electron chi connectivity index (χ3n) is 3.04. The number of hydrogen-bond acceptors (Lipinski definition) is 2. The first kappa shape index (κ1) is 15.3. The van der Waals surface area contributed by atoms with E-state index in [9.17, 15) is 4.79 Å². The van der Waals surface area contributed by atoms with Crippen LogP contribution < -0.4 is 5.32 Å². The quantitative estimate of drug-likeness (QED) is 0.842. The molecule has 0 heterocycles. The van der Waals surface area contributed by atoms with Gasteiger partial charge in [0.15, 0.2) is 0 Å². The van der Waals surface area contributed by atoms with E-state index in [1.807, 2.05) is 13.8 Å². The van der Waals surface area contributed by atoms with Crippen molar-refractivity contribution in [3.8, 4) is 0 Å². The largest absolute Gasteiger partial charge is 0.480 e. The molecule has 2 atom stereocenters. The average Bonchev–Trinajstić information content (AvgIpc) is 2.31. The Morgan fingerprint density at radius 1 is 1.39 bits per heavy atom. The lowest BCUT2D eigenvalue weighted by atomic mass is 9.99. The van der Waals surface area contributed by atoms with E-state index in [-0.39, 0.29) is 5.92 Å². The van der Waals surface area contributed by atoms with Gasteiger partial charge in [0.25, 0.3) is 0 Å². The van der Waals surface area contributed by atoms with Gasteiger partial charge in [-0.2, -0.15) is 0 Å². The third-order valence-corrected chi connectivity index (χ3v) is 3.75. The minimum absolute atomic E-state index is 0.0452. The summed E-state index contributed by atoms with van der Waals surface area (Å²) < 4.78 is 0. The first-order valence-corrected chi connectivity index (χ1v) is 6.62. The zero-order valence-corrected chi connectivity index (χ0v) is 11.9. The molecule has 0 aromatic heterocycles. The molecule has 0 radical (unpaired) electrons. The van der Waals surface area contributed by atoms with E-state index in [0.717, 1.165) is 12.0 Å². The average molecular weight is 290 g/mol. The summed E-state index contributed by atoms with van der Waals surface area (Å²) in [5.74, 6) is -0.809. The third kappa shape index (κ3) is 3.87. The first-order chi connectivity index (χ1) is 8.47. The predicted molar refractivity (Wildman–Crippen MR) is 74.2 cm³/mol. The molecule has 2 N–H and O–H groups in total. The topological polar surface area (TPSA) is 49.3 Å². The summed E-state index contributed by atoms with van der Waals surface area (Å²) in [5, 5.41) is 13.3. The summed E-state index contributed by atoms with van der Waals surface area (Å²) >= 11 is 12.1. The molecule has 0 saturated heterocycles. The van der Waals surface area contributed by atoms with Crippen LogP contribution in [0.2, 0.25) is 10.0 Å². The Kier molecular flexibility index (Phi) is 5.93. The number of aliphatic carboxylic acids is 1. The lowest BCUT2D eigenvalue weighted by Gasteiger charge is -2.20. The Hall–Kier alpha value is -0.770. The van der Waals surface area contributed by atoms with Crippen LogP contribution in [-0.2, 0) is 11.3 Å². The van der Waals surface area contributed by atoms with Crippen LogP contribution in [0.1, 0.15) is 25.8 Å². The van der Waals surface area contributed by atoms with Crippen LogP contribution in [0, 0.1) is 5.92 Å². The molecule has 18 heavy (non-hydrogen) atoms. The zero-order chi connectivity index (χ0) is 13.7. The number of hydrogen-bond donors (Lipinski definition) is 2. The molecule has 0 spiro atoms. The van der Waals surface area contributed by atoms with Gasteiger partial charge in [0.1, 0.15) is 6.04 Å².